The van der Waals surface area contributed by atoms with Crippen LogP contribution in [0.1, 0.15) is 27.3 Å². The van der Waals surface area contributed by atoms with Crippen LogP contribution in [0.5, 0.6) is 0 Å². The fourth-order valence-corrected chi connectivity index (χ4v) is 2.14. The molecule has 0 aliphatic carbocycles. The molecule has 0 unspecified atom stereocenters. The van der Waals surface area contributed by atoms with Crippen LogP contribution in [0.25, 0.3) is 0 Å². The van der Waals surface area contributed by atoms with E-state index in [0.717, 1.165) is 11.1 Å². The van der Waals surface area contributed by atoms with Crippen molar-refractivity contribution in [2.24, 2.45) is 5.73 Å². The molecular weight excluding hydrogens is 309 g/mol. The summed E-state index contributed by atoms with van der Waals surface area (Å²) in [5, 5.41) is 5.32. The van der Waals surface area contributed by atoms with Crippen LogP contribution in [0.3, 0.4) is 0 Å². The summed E-state index contributed by atoms with van der Waals surface area (Å²) < 4.78 is 37.8. The predicted molar refractivity (Wildman–Crippen MR) is 78.6 cm³/mol. The lowest BCUT2D eigenvalue weighted by atomic mass is 10.1. The van der Waals surface area contributed by atoms with Gasteiger partial charge in [-0.2, -0.15) is 18.3 Å². The Labute approximate surface area is 131 Å². The molecule has 0 aliphatic heterocycles. The largest absolute Gasteiger partial charge is 0.432 e. The normalized spacial score (nSPS) is 11.5. The number of nitrogens with two attached hydrogens (primary N) is 1. The zero-order valence-corrected chi connectivity index (χ0v) is 12.5. The highest BCUT2D eigenvalue weighted by atomic mass is 19.4. The number of H-pyrrole nitrogens is 1. The number of rotatable bonds is 5. The number of alkyl halides is 3. The van der Waals surface area contributed by atoms with Gasteiger partial charge in [-0.1, -0.05) is 24.3 Å². The smallest absolute Gasteiger partial charge is 0.332 e. The van der Waals surface area contributed by atoms with Crippen molar-refractivity contribution in [3.8, 4) is 0 Å². The molecule has 0 aliphatic rings. The molecule has 0 spiro atoms. The van der Waals surface area contributed by atoms with Crippen LogP contribution in [-0.2, 0) is 12.7 Å². The molecule has 124 valence electrons. The van der Waals surface area contributed by atoms with E-state index in [-0.39, 0.29) is 25.3 Å². The van der Waals surface area contributed by atoms with Gasteiger partial charge in [-0.05, 0) is 18.1 Å². The number of benzene rings is 1. The van der Waals surface area contributed by atoms with Crippen LogP contribution in [0.2, 0.25) is 0 Å². The van der Waals surface area contributed by atoms with Crippen LogP contribution in [-0.4, -0.2) is 34.1 Å². The van der Waals surface area contributed by atoms with Crippen molar-refractivity contribution in [3.05, 3.63) is 52.8 Å². The zero-order valence-electron chi connectivity index (χ0n) is 12.5. The van der Waals surface area contributed by atoms with Gasteiger partial charge in [-0.25, -0.2) is 0 Å². The third-order valence-corrected chi connectivity index (χ3v) is 3.41. The highest BCUT2D eigenvalue weighted by Crippen LogP contribution is 2.28. The van der Waals surface area contributed by atoms with Gasteiger partial charge in [0.15, 0.2) is 5.69 Å². The first kappa shape index (κ1) is 17.0. The minimum atomic E-state index is -4.57. The monoisotopic (exact) mass is 326 g/mol. The quantitative estimate of drug-likeness (QED) is 0.885. The number of carbonyl (C=O) groups is 1. The number of hydrogen-bond acceptors (Lipinski definition) is 3. The summed E-state index contributed by atoms with van der Waals surface area (Å²) in [5.41, 5.74) is 6.07. The highest BCUT2D eigenvalue weighted by Gasteiger charge is 2.34. The second-order valence-electron chi connectivity index (χ2n) is 5.11. The van der Waals surface area contributed by atoms with Gasteiger partial charge >= 0.3 is 6.18 Å². The average Bonchev–Trinajstić information content (AvgIpc) is 2.98. The molecule has 8 heteroatoms. The van der Waals surface area contributed by atoms with E-state index in [1.54, 1.807) is 0 Å². The maximum atomic E-state index is 12.6. The van der Waals surface area contributed by atoms with Crippen molar-refractivity contribution in [2.45, 2.75) is 19.6 Å². The van der Waals surface area contributed by atoms with Gasteiger partial charge in [0, 0.05) is 25.7 Å². The number of aryl methyl sites for hydroxylation is 1. The minimum absolute atomic E-state index is 0.203. The molecular formula is C15H17F3N4O. The van der Waals surface area contributed by atoms with Crippen LogP contribution < -0.4 is 5.73 Å². The summed E-state index contributed by atoms with van der Waals surface area (Å²) in [7, 11) is 0. The molecule has 23 heavy (non-hydrogen) atoms. The first-order valence-electron chi connectivity index (χ1n) is 6.99. The highest BCUT2D eigenvalue weighted by molar-refractivity contribution is 5.92. The van der Waals surface area contributed by atoms with Crippen molar-refractivity contribution in [1.29, 1.82) is 0 Å². The van der Waals surface area contributed by atoms with Crippen LogP contribution in [0.15, 0.2) is 30.3 Å². The molecule has 1 heterocycles. The molecule has 0 bridgehead atoms. The second-order valence-corrected chi connectivity index (χ2v) is 5.11. The molecule has 3 N–H and O–H groups in total. The van der Waals surface area contributed by atoms with E-state index in [2.05, 4.69) is 5.10 Å². The average molecular weight is 326 g/mol. The van der Waals surface area contributed by atoms with E-state index < -0.39 is 17.8 Å². The molecule has 0 saturated heterocycles. The Morgan fingerprint density at radius 3 is 2.61 bits per heavy atom. The Balaban J connectivity index is 2.22. The van der Waals surface area contributed by atoms with Gasteiger partial charge in [0.1, 0.15) is 5.69 Å². The fourth-order valence-electron chi connectivity index (χ4n) is 2.14. The number of halogens is 3. The lowest BCUT2D eigenvalue weighted by Gasteiger charge is -2.22. The van der Waals surface area contributed by atoms with Crippen molar-refractivity contribution < 1.29 is 18.0 Å². The Morgan fingerprint density at radius 1 is 1.35 bits per heavy atom. The zero-order chi connectivity index (χ0) is 17.0. The maximum absolute atomic E-state index is 12.6. The summed E-state index contributed by atoms with van der Waals surface area (Å²) in [5.74, 6) is -0.592. The van der Waals surface area contributed by atoms with E-state index in [0.29, 0.717) is 6.07 Å². The predicted octanol–water partition coefficient (Wildman–Crippen LogP) is 2.34. The van der Waals surface area contributed by atoms with Crippen molar-refractivity contribution in [1.82, 2.24) is 15.1 Å². The molecule has 2 rings (SSSR count). The molecule has 2 aromatic rings. The van der Waals surface area contributed by atoms with E-state index in [1.807, 2.05) is 36.3 Å². The Morgan fingerprint density at radius 2 is 2.04 bits per heavy atom. The molecule has 0 saturated carbocycles. The Bertz CT molecular complexity index is 681. The number of carbonyl (C=O) groups excluding carboxylic acids is 1. The van der Waals surface area contributed by atoms with E-state index in [4.69, 9.17) is 5.73 Å². The molecule has 0 atom stereocenters. The summed E-state index contributed by atoms with van der Waals surface area (Å²) in [6.07, 6.45) is -4.57. The second kappa shape index (κ2) is 6.82. The summed E-state index contributed by atoms with van der Waals surface area (Å²) >= 11 is 0. The van der Waals surface area contributed by atoms with Gasteiger partial charge in [-0.15, -0.1) is 0 Å². The first-order valence-corrected chi connectivity index (χ1v) is 6.99. The van der Waals surface area contributed by atoms with Crippen molar-refractivity contribution in [2.75, 3.05) is 13.1 Å². The van der Waals surface area contributed by atoms with Crippen LogP contribution in [0, 0.1) is 6.92 Å². The SMILES string of the molecule is Cc1ccccc1CN(CCN)C(=O)c1cc(C(F)(F)F)[nH]n1. The lowest BCUT2D eigenvalue weighted by Crippen LogP contribution is -2.35. The van der Waals surface area contributed by atoms with E-state index in [1.165, 1.54) is 4.90 Å². The minimum Gasteiger partial charge on any atom is -0.332 e. The number of nitrogens with one attached hydrogen (secondary N) is 1. The van der Waals surface area contributed by atoms with Gasteiger partial charge in [0.2, 0.25) is 0 Å². The standard InChI is InChI=1S/C15H17F3N4O/c1-10-4-2-3-5-11(10)9-22(7-6-19)14(23)12-8-13(21-20-12)15(16,17)18/h2-5,8H,6-7,9,19H2,1H3,(H,20,21). The maximum Gasteiger partial charge on any atom is 0.432 e. The van der Waals surface area contributed by atoms with E-state index >= 15 is 0 Å². The fraction of sp³-hybridized carbons (Fsp3) is 0.333. The Kier molecular flexibility index (Phi) is 5.05. The number of aromatic nitrogens is 2. The first-order chi connectivity index (χ1) is 10.8. The van der Waals surface area contributed by atoms with Crippen LogP contribution >= 0.6 is 0 Å². The van der Waals surface area contributed by atoms with Crippen molar-refractivity contribution in [3.63, 3.8) is 0 Å². The van der Waals surface area contributed by atoms with Gasteiger partial charge < -0.3 is 10.6 Å². The van der Waals surface area contributed by atoms with E-state index in [9.17, 15) is 18.0 Å². The molecule has 1 amide bonds. The molecule has 1 aromatic carbocycles. The summed E-state index contributed by atoms with van der Waals surface area (Å²) in [4.78, 5) is 13.8. The Hall–Kier alpha value is -2.35. The van der Waals surface area contributed by atoms with Gasteiger partial charge in [0.25, 0.3) is 5.91 Å². The summed E-state index contributed by atoms with van der Waals surface area (Å²) in [6, 6.07) is 8.18. The van der Waals surface area contributed by atoms with Gasteiger partial charge in [0.05, 0.1) is 0 Å². The number of nitrogens with zero attached hydrogens (tertiary/aromatic N) is 2. The number of amides is 1. The number of hydrogen-bond donors (Lipinski definition) is 2. The van der Waals surface area contributed by atoms with Gasteiger partial charge in [-0.3, -0.25) is 9.89 Å². The third kappa shape index (κ3) is 4.10. The van der Waals surface area contributed by atoms with Crippen LogP contribution in [0.4, 0.5) is 13.2 Å². The topological polar surface area (TPSA) is 75.0 Å². The molecule has 0 fully saturated rings. The van der Waals surface area contributed by atoms with Crippen molar-refractivity contribution >= 4 is 5.91 Å². The molecule has 5 nitrogen and oxygen atoms in total. The number of aromatic amines is 1. The summed E-state index contributed by atoms with van der Waals surface area (Å²) in [6.45, 7) is 2.59. The molecule has 0 radical (unpaired) electrons. The lowest BCUT2D eigenvalue weighted by molar-refractivity contribution is -0.141. The molecule has 1 aromatic heterocycles. The third-order valence-electron chi connectivity index (χ3n) is 3.41.